The van der Waals surface area contributed by atoms with Crippen molar-refractivity contribution in [2.24, 2.45) is 5.73 Å². The van der Waals surface area contributed by atoms with Gasteiger partial charge in [0.15, 0.2) is 11.5 Å². The van der Waals surface area contributed by atoms with E-state index in [0.29, 0.717) is 30.6 Å². The number of carbonyl (C=O) groups is 1. The maximum absolute atomic E-state index is 11.3. The first-order chi connectivity index (χ1) is 9.72. The van der Waals surface area contributed by atoms with Gasteiger partial charge in [0.2, 0.25) is 12.7 Å². The minimum atomic E-state index is -0.328. The van der Waals surface area contributed by atoms with E-state index in [1.54, 1.807) is 6.07 Å². The van der Waals surface area contributed by atoms with Gasteiger partial charge < -0.3 is 25.3 Å². The molecule has 1 unspecified atom stereocenters. The van der Waals surface area contributed by atoms with Crippen LogP contribution in [0.15, 0.2) is 18.2 Å². The van der Waals surface area contributed by atoms with Crippen LogP contribution >= 0.6 is 0 Å². The lowest BCUT2D eigenvalue weighted by Gasteiger charge is -2.15. The third-order valence-electron chi connectivity index (χ3n) is 3.38. The van der Waals surface area contributed by atoms with Gasteiger partial charge in [-0.05, 0) is 25.0 Å². The molecule has 1 amide bonds. The monoisotopic (exact) mass is 278 g/mol. The van der Waals surface area contributed by atoms with E-state index in [1.165, 1.54) is 0 Å². The molecule has 6 nitrogen and oxygen atoms in total. The number of hydrogen-bond acceptors (Lipinski definition) is 5. The number of amides is 1. The number of primary amides is 1. The van der Waals surface area contributed by atoms with Crippen LogP contribution in [0.25, 0.3) is 0 Å². The Bertz CT molecular complexity index is 502. The van der Waals surface area contributed by atoms with Gasteiger partial charge in [-0.2, -0.15) is 0 Å². The summed E-state index contributed by atoms with van der Waals surface area (Å²) >= 11 is 0. The van der Waals surface area contributed by atoms with Crippen molar-refractivity contribution in [3.05, 3.63) is 18.2 Å². The maximum atomic E-state index is 11.3. The summed E-state index contributed by atoms with van der Waals surface area (Å²) in [7, 11) is 0. The van der Waals surface area contributed by atoms with Gasteiger partial charge in [0.05, 0.1) is 12.6 Å². The Morgan fingerprint density at radius 3 is 2.95 bits per heavy atom. The molecule has 1 fully saturated rings. The second kappa shape index (κ2) is 5.58. The third kappa shape index (κ3) is 3.14. The molecule has 1 atom stereocenters. The van der Waals surface area contributed by atoms with Crippen molar-refractivity contribution < 1.29 is 19.0 Å². The molecule has 0 spiro atoms. The van der Waals surface area contributed by atoms with Gasteiger partial charge in [-0.1, -0.05) is 0 Å². The first-order valence-corrected chi connectivity index (χ1v) is 6.80. The summed E-state index contributed by atoms with van der Waals surface area (Å²) in [5, 5.41) is 3.22. The quantitative estimate of drug-likeness (QED) is 0.770. The van der Waals surface area contributed by atoms with E-state index < -0.39 is 0 Å². The number of benzene rings is 1. The molecule has 0 radical (unpaired) electrons. The van der Waals surface area contributed by atoms with E-state index in [2.05, 4.69) is 5.32 Å². The predicted molar refractivity (Wildman–Crippen MR) is 71.8 cm³/mol. The van der Waals surface area contributed by atoms with Crippen LogP contribution in [0, 0.1) is 0 Å². The molecule has 0 aromatic heterocycles. The van der Waals surface area contributed by atoms with Crippen molar-refractivity contribution >= 4 is 5.91 Å². The number of rotatable bonds is 7. The summed E-state index contributed by atoms with van der Waals surface area (Å²) in [6.07, 6.45) is 2.79. The molecule has 0 saturated heterocycles. The summed E-state index contributed by atoms with van der Waals surface area (Å²) in [5.41, 5.74) is 5.37. The summed E-state index contributed by atoms with van der Waals surface area (Å²) in [6, 6.07) is 5.54. The van der Waals surface area contributed by atoms with Gasteiger partial charge in [0.25, 0.3) is 0 Å². The standard InChI is InChI=1S/C14H18N2O4/c15-14(17)11(16-9-1-2-9)5-6-18-10-3-4-12-13(7-10)20-8-19-12/h3-4,7,9,11,16H,1-2,5-6,8H2,(H2,15,17). The van der Waals surface area contributed by atoms with Crippen LogP contribution in [0.3, 0.4) is 0 Å². The highest BCUT2D eigenvalue weighted by molar-refractivity contribution is 5.79. The minimum absolute atomic E-state index is 0.244. The summed E-state index contributed by atoms with van der Waals surface area (Å²) in [6.45, 7) is 0.667. The number of hydrogen-bond donors (Lipinski definition) is 2. The van der Waals surface area contributed by atoms with E-state index in [1.807, 2.05) is 12.1 Å². The smallest absolute Gasteiger partial charge is 0.234 e. The average molecular weight is 278 g/mol. The van der Waals surface area contributed by atoms with Gasteiger partial charge in [-0.3, -0.25) is 4.79 Å². The second-order valence-electron chi connectivity index (χ2n) is 5.05. The summed E-state index contributed by atoms with van der Waals surface area (Å²) < 4.78 is 16.1. The van der Waals surface area contributed by atoms with Gasteiger partial charge in [-0.25, -0.2) is 0 Å². The van der Waals surface area contributed by atoms with Crippen molar-refractivity contribution in [2.75, 3.05) is 13.4 Å². The third-order valence-corrected chi connectivity index (χ3v) is 3.38. The average Bonchev–Trinajstić information content (AvgIpc) is 3.12. The van der Waals surface area contributed by atoms with E-state index in [4.69, 9.17) is 19.9 Å². The molecular weight excluding hydrogens is 260 g/mol. The van der Waals surface area contributed by atoms with Crippen molar-refractivity contribution in [1.29, 1.82) is 0 Å². The minimum Gasteiger partial charge on any atom is -0.493 e. The van der Waals surface area contributed by atoms with Crippen LogP contribution in [-0.2, 0) is 4.79 Å². The van der Waals surface area contributed by atoms with Crippen LogP contribution in [0.5, 0.6) is 17.2 Å². The van der Waals surface area contributed by atoms with Gasteiger partial charge in [0.1, 0.15) is 5.75 Å². The Hall–Kier alpha value is -1.95. The molecule has 3 rings (SSSR count). The molecule has 1 aromatic carbocycles. The molecule has 6 heteroatoms. The maximum Gasteiger partial charge on any atom is 0.234 e. The van der Waals surface area contributed by atoms with Gasteiger partial charge in [0, 0.05) is 18.5 Å². The van der Waals surface area contributed by atoms with Gasteiger partial charge >= 0.3 is 0 Å². The highest BCUT2D eigenvalue weighted by Crippen LogP contribution is 2.35. The van der Waals surface area contributed by atoms with Crippen molar-refractivity contribution in [2.45, 2.75) is 31.3 Å². The fraction of sp³-hybridized carbons (Fsp3) is 0.500. The molecular formula is C14H18N2O4. The number of nitrogens with two attached hydrogens (primary N) is 1. The van der Waals surface area contributed by atoms with Gasteiger partial charge in [-0.15, -0.1) is 0 Å². The number of carbonyl (C=O) groups excluding carboxylic acids is 1. The van der Waals surface area contributed by atoms with Crippen LogP contribution in [0.2, 0.25) is 0 Å². The molecule has 20 heavy (non-hydrogen) atoms. The van der Waals surface area contributed by atoms with Crippen LogP contribution in [-0.4, -0.2) is 31.4 Å². The Morgan fingerprint density at radius 1 is 1.40 bits per heavy atom. The van der Waals surface area contributed by atoms with Crippen molar-refractivity contribution in [3.8, 4) is 17.2 Å². The molecule has 1 aliphatic carbocycles. The molecule has 3 N–H and O–H groups in total. The normalized spacial score (nSPS) is 17.8. The lowest BCUT2D eigenvalue weighted by atomic mass is 10.2. The Balaban J connectivity index is 1.49. The molecule has 1 aromatic rings. The SMILES string of the molecule is NC(=O)C(CCOc1ccc2c(c1)OCO2)NC1CC1. The molecule has 1 aliphatic heterocycles. The van der Waals surface area contributed by atoms with Crippen molar-refractivity contribution in [1.82, 2.24) is 5.32 Å². The Kier molecular flexibility index (Phi) is 3.64. The van der Waals surface area contributed by atoms with Crippen LogP contribution in [0.4, 0.5) is 0 Å². The highest BCUT2D eigenvalue weighted by Gasteiger charge is 2.27. The molecule has 108 valence electrons. The predicted octanol–water partition coefficient (Wildman–Crippen LogP) is 0.790. The second-order valence-corrected chi connectivity index (χ2v) is 5.05. The summed E-state index contributed by atoms with van der Waals surface area (Å²) in [4.78, 5) is 11.3. The fourth-order valence-corrected chi connectivity index (χ4v) is 2.10. The fourth-order valence-electron chi connectivity index (χ4n) is 2.10. The topological polar surface area (TPSA) is 82.8 Å². The van der Waals surface area contributed by atoms with E-state index in [9.17, 15) is 4.79 Å². The van der Waals surface area contributed by atoms with Crippen LogP contribution in [0.1, 0.15) is 19.3 Å². The number of fused-ring (bicyclic) bond motifs is 1. The summed E-state index contributed by atoms with van der Waals surface area (Å²) in [5.74, 6) is 1.78. The number of nitrogens with one attached hydrogen (secondary N) is 1. The molecule has 0 bridgehead atoms. The molecule has 1 saturated carbocycles. The molecule has 1 heterocycles. The first-order valence-electron chi connectivity index (χ1n) is 6.80. The zero-order chi connectivity index (χ0) is 13.9. The highest BCUT2D eigenvalue weighted by atomic mass is 16.7. The number of ether oxygens (including phenoxy) is 3. The lowest BCUT2D eigenvalue weighted by Crippen LogP contribution is -2.43. The van der Waals surface area contributed by atoms with E-state index in [0.717, 1.165) is 18.6 Å². The lowest BCUT2D eigenvalue weighted by molar-refractivity contribution is -0.120. The van der Waals surface area contributed by atoms with Crippen LogP contribution < -0.4 is 25.3 Å². The Morgan fingerprint density at radius 2 is 2.20 bits per heavy atom. The van der Waals surface area contributed by atoms with Crippen molar-refractivity contribution in [3.63, 3.8) is 0 Å². The zero-order valence-corrected chi connectivity index (χ0v) is 11.1. The molecule has 2 aliphatic rings. The van der Waals surface area contributed by atoms with E-state index in [-0.39, 0.29) is 18.7 Å². The van der Waals surface area contributed by atoms with E-state index >= 15 is 0 Å². The zero-order valence-electron chi connectivity index (χ0n) is 11.1. The largest absolute Gasteiger partial charge is 0.493 e. The Labute approximate surface area is 117 Å². The first kappa shape index (κ1) is 13.1.